The summed E-state index contributed by atoms with van der Waals surface area (Å²) < 4.78 is 1.14. The van der Waals surface area contributed by atoms with Crippen molar-refractivity contribution in [2.45, 2.75) is 20.8 Å². The van der Waals surface area contributed by atoms with Gasteiger partial charge in [0.25, 0.3) is 5.91 Å². The molecule has 1 N–H and O–H groups in total. The van der Waals surface area contributed by atoms with Crippen LogP contribution in [0.1, 0.15) is 27.0 Å². The third kappa shape index (κ3) is 3.94. The van der Waals surface area contributed by atoms with Crippen LogP contribution < -0.4 is 9.80 Å². The molecule has 0 bridgehead atoms. The van der Waals surface area contributed by atoms with Crippen molar-refractivity contribution in [2.24, 2.45) is 0 Å². The van der Waals surface area contributed by atoms with Gasteiger partial charge >= 0.3 is 0 Å². The van der Waals surface area contributed by atoms with Crippen LogP contribution in [0.5, 0.6) is 0 Å². The SMILES string of the molecule is Cc1ccc(C(=O)N(CC[NH+](C)C)c2nc3c(C)cc(C)cc3s2)cc1. The van der Waals surface area contributed by atoms with Crippen molar-refractivity contribution in [3.63, 3.8) is 0 Å². The van der Waals surface area contributed by atoms with Gasteiger partial charge in [0.15, 0.2) is 5.13 Å². The van der Waals surface area contributed by atoms with Gasteiger partial charge < -0.3 is 4.90 Å². The lowest BCUT2D eigenvalue weighted by Crippen LogP contribution is -3.06. The summed E-state index contributed by atoms with van der Waals surface area (Å²) in [6, 6.07) is 12.0. The molecule has 0 unspecified atom stereocenters. The van der Waals surface area contributed by atoms with Gasteiger partial charge in [-0.3, -0.25) is 9.69 Å². The van der Waals surface area contributed by atoms with E-state index in [0.29, 0.717) is 12.1 Å². The third-order valence-electron chi connectivity index (χ3n) is 4.43. The van der Waals surface area contributed by atoms with Crippen molar-refractivity contribution in [2.75, 3.05) is 32.1 Å². The quantitative estimate of drug-likeness (QED) is 0.752. The Labute approximate surface area is 159 Å². The van der Waals surface area contributed by atoms with E-state index in [1.165, 1.54) is 10.5 Å². The second-order valence-corrected chi connectivity index (χ2v) is 8.21. The Morgan fingerprint density at radius 1 is 1.08 bits per heavy atom. The lowest BCUT2D eigenvalue weighted by molar-refractivity contribution is -0.856. The van der Waals surface area contributed by atoms with Gasteiger partial charge in [0.05, 0.1) is 37.4 Å². The van der Waals surface area contributed by atoms with E-state index < -0.39 is 0 Å². The number of likely N-dealkylation sites (N-methyl/N-ethyl adjacent to an activating group) is 1. The number of nitrogens with zero attached hydrogens (tertiary/aromatic N) is 2. The summed E-state index contributed by atoms with van der Waals surface area (Å²) in [5.41, 5.74) is 5.23. The van der Waals surface area contributed by atoms with Crippen LogP contribution in [0.25, 0.3) is 10.2 Å². The normalized spacial score (nSPS) is 11.3. The average Bonchev–Trinajstić information content (AvgIpc) is 2.99. The van der Waals surface area contributed by atoms with Crippen LogP contribution in [0.15, 0.2) is 36.4 Å². The number of amides is 1. The number of nitrogens with one attached hydrogen (secondary N) is 1. The predicted molar refractivity (Wildman–Crippen MR) is 110 cm³/mol. The fourth-order valence-corrected chi connectivity index (χ4v) is 4.11. The lowest BCUT2D eigenvalue weighted by atomic mass is 10.1. The van der Waals surface area contributed by atoms with Gasteiger partial charge in [0.2, 0.25) is 0 Å². The maximum atomic E-state index is 13.2. The molecule has 1 amide bonds. The molecule has 0 aliphatic carbocycles. The molecule has 26 heavy (non-hydrogen) atoms. The summed E-state index contributed by atoms with van der Waals surface area (Å²) in [4.78, 5) is 21.1. The molecule has 1 aromatic heterocycles. The summed E-state index contributed by atoms with van der Waals surface area (Å²) >= 11 is 1.60. The molecule has 0 spiro atoms. The second-order valence-electron chi connectivity index (χ2n) is 7.20. The van der Waals surface area contributed by atoms with Crippen molar-refractivity contribution >= 4 is 32.6 Å². The number of aromatic nitrogens is 1. The minimum absolute atomic E-state index is 0.0136. The predicted octanol–water partition coefficient (Wildman–Crippen LogP) is 3.01. The zero-order chi connectivity index (χ0) is 18.8. The number of aryl methyl sites for hydroxylation is 3. The summed E-state index contributed by atoms with van der Waals surface area (Å²) in [6.07, 6.45) is 0. The Balaban J connectivity index is 2.01. The first-order valence-electron chi connectivity index (χ1n) is 8.90. The molecule has 0 aliphatic heterocycles. The van der Waals surface area contributed by atoms with E-state index in [2.05, 4.69) is 40.1 Å². The van der Waals surface area contributed by atoms with Crippen LogP contribution in [0, 0.1) is 20.8 Å². The van der Waals surface area contributed by atoms with Gasteiger partial charge in [0.1, 0.15) is 0 Å². The van der Waals surface area contributed by atoms with Gasteiger partial charge in [-0.1, -0.05) is 35.1 Å². The number of anilines is 1. The highest BCUT2D eigenvalue weighted by atomic mass is 32.1. The Morgan fingerprint density at radius 3 is 2.42 bits per heavy atom. The smallest absolute Gasteiger partial charge is 0.260 e. The highest BCUT2D eigenvalue weighted by molar-refractivity contribution is 7.22. The molecular weight excluding hydrogens is 342 g/mol. The third-order valence-corrected chi connectivity index (χ3v) is 5.45. The lowest BCUT2D eigenvalue weighted by Gasteiger charge is -2.20. The standard InChI is InChI=1S/C21H25N3OS/c1-14-6-8-17(9-7-14)20(25)24(11-10-23(4)5)21-22-19-16(3)12-15(2)13-18(19)26-21/h6-9,12-13H,10-11H2,1-5H3/p+1. The molecule has 4 nitrogen and oxygen atoms in total. The molecule has 0 fully saturated rings. The van der Waals surface area contributed by atoms with Crippen LogP contribution >= 0.6 is 11.3 Å². The fourth-order valence-electron chi connectivity index (χ4n) is 2.95. The van der Waals surface area contributed by atoms with Crippen molar-refractivity contribution < 1.29 is 9.69 Å². The molecule has 3 aromatic rings. The number of quaternary nitrogens is 1. The zero-order valence-electron chi connectivity index (χ0n) is 16.1. The van der Waals surface area contributed by atoms with E-state index in [1.54, 1.807) is 11.3 Å². The maximum Gasteiger partial charge on any atom is 0.260 e. The average molecular weight is 369 g/mol. The summed E-state index contributed by atoms with van der Waals surface area (Å²) in [7, 11) is 4.20. The number of thiazole rings is 1. The number of hydrogen-bond acceptors (Lipinski definition) is 3. The molecule has 0 atom stereocenters. The molecule has 136 valence electrons. The maximum absolute atomic E-state index is 13.2. The van der Waals surface area contributed by atoms with Crippen LogP contribution in [-0.2, 0) is 0 Å². The highest BCUT2D eigenvalue weighted by Gasteiger charge is 2.22. The molecule has 2 aromatic carbocycles. The monoisotopic (exact) mass is 368 g/mol. The number of carbonyl (C=O) groups excluding carboxylic acids is 1. The van der Waals surface area contributed by atoms with Gasteiger partial charge in [0, 0.05) is 5.56 Å². The second kappa shape index (κ2) is 7.56. The number of fused-ring (bicyclic) bond motifs is 1. The van der Waals surface area contributed by atoms with E-state index in [4.69, 9.17) is 4.98 Å². The molecular formula is C21H26N3OS+. The zero-order valence-corrected chi connectivity index (χ0v) is 16.9. The van der Waals surface area contributed by atoms with Crippen molar-refractivity contribution in [1.82, 2.24) is 4.98 Å². The molecule has 3 rings (SSSR count). The number of carbonyl (C=O) groups is 1. The Morgan fingerprint density at radius 2 is 1.77 bits per heavy atom. The summed E-state index contributed by atoms with van der Waals surface area (Å²) in [5.74, 6) is 0.0136. The summed E-state index contributed by atoms with van der Waals surface area (Å²) in [5, 5.41) is 0.778. The first-order valence-corrected chi connectivity index (χ1v) is 9.72. The number of benzene rings is 2. The van der Waals surface area contributed by atoms with Crippen LogP contribution in [-0.4, -0.2) is 38.1 Å². The number of rotatable bonds is 5. The van der Waals surface area contributed by atoms with E-state index in [0.717, 1.165) is 33.0 Å². The van der Waals surface area contributed by atoms with Gasteiger partial charge in [-0.15, -0.1) is 0 Å². The van der Waals surface area contributed by atoms with Crippen molar-refractivity contribution in [1.29, 1.82) is 0 Å². The Kier molecular flexibility index (Phi) is 5.39. The Hall–Kier alpha value is -2.24. The van der Waals surface area contributed by atoms with Crippen molar-refractivity contribution in [3.8, 4) is 0 Å². The molecule has 5 heteroatoms. The van der Waals surface area contributed by atoms with E-state index >= 15 is 0 Å². The van der Waals surface area contributed by atoms with Gasteiger partial charge in [-0.25, -0.2) is 4.98 Å². The van der Waals surface area contributed by atoms with E-state index in [1.807, 2.05) is 36.1 Å². The minimum atomic E-state index is 0.0136. The van der Waals surface area contributed by atoms with E-state index in [9.17, 15) is 4.79 Å². The number of hydrogen-bond donors (Lipinski definition) is 1. The largest absolute Gasteiger partial charge is 0.338 e. The molecule has 0 radical (unpaired) electrons. The van der Waals surface area contributed by atoms with Crippen LogP contribution in [0.2, 0.25) is 0 Å². The fraction of sp³-hybridized carbons (Fsp3) is 0.333. The first kappa shape index (κ1) is 18.5. The molecule has 1 heterocycles. The molecule has 0 saturated carbocycles. The molecule has 0 aliphatic rings. The Bertz CT molecular complexity index is 928. The summed E-state index contributed by atoms with van der Waals surface area (Å²) in [6.45, 7) is 7.71. The van der Waals surface area contributed by atoms with Gasteiger partial charge in [-0.2, -0.15) is 0 Å². The topological polar surface area (TPSA) is 37.6 Å². The molecule has 0 saturated heterocycles. The first-order chi connectivity index (χ1) is 12.3. The highest BCUT2D eigenvalue weighted by Crippen LogP contribution is 2.32. The van der Waals surface area contributed by atoms with Crippen LogP contribution in [0.4, 0.5) is 5.13 Å². The van der Waals surface area contributed by atoms with E-state index in [-0.39, 0.29) is 5.91 Å². The van der Waals surface area contributed by atoms with Gasteiger partial charge in [-0.05, 0) is 50.1 Å². The van der Waals surface area contributed by atoms with Crippen LogP contribution in [0.3, 0.4) is 0 Å². The van der Waals surface area contributed by atoms with Crippen molar-refractivity contribution in [3.05, 3.63) is 58.7 Å². The minimum Gasteiger partial charge on any atom is -0.338 e.